The van der Waals surface area contributed by atoms with Gasteiger partial charge in [0.1, 0.15) is 5.76 Å². The highest BCUT2D eigenvalue weighted by Gasteiger charge is 2.15. The van der Waals surface area contributed by atoms with Gasteiger partial charge in [-0.05, 0) is 43.5 Å². The second-order valence-corrected chi connectivity index (χ2v) is 8.18. The van der Waals surface area contributed by atoms with Crippen LogP contribution in [0.25, 0.3) is 0 Å². The molecule has 1 fully saturated rings. The number of benzene rings is 1. The Balaban J connectivity index is 0.00000385. The fraction of sp³-hybridized carbons (Fsp3) is 0.560. The third-order valence-corrected chi connectivity index (χ3v) is 5.50. The first-order chi connectivity index (χ1) is 15.8. The first-order valence-electron chi connectivity index (χ1n) is 11.8. The van der Waals surface area contributed by atoms with Crippen LogP contribution in [-0.2, 0) is 15.9 Å². The molecule has 33 heavy (non-hydrogen) atoms. The Morgan fingerprint density at radius 2 is 1.97 bits per heavy atom. The fourth-order valence-corrected chi connectivity index (χ4v) is 3.59. The summed E-state index contributed by atoms with van der Waals surface area (Å²) in [6, 6.07) is 14.4. The number of ether oxygens (including phenoxy) is 2. The van der Waals surface area contributed by atoms with Crippen molar-refractivity contribution < 1.29 is 13.9 Å². The molecule has 2 heterocycles. The molecule has 2 N–H and O–H groups in total. The molecule has 1 aromatic heterocycles. The van der Waals surface area contributed by atoms with Crippen LogP contribution in [0, 0.1) is 5.92 Å². The van der Waals surface area contributed by atoms with Gasteiger partial charge < -0.3 is 29.4 Å². The van der Waals surface area contributed by atoms with Crippen molar-refractivity contribution in [3.63, 3.8) is 0 Å². The zero-order chi connectivity index (χ0) is 22.3. The Morgan fingerprint density at radius 1 is 1.12 bits per heavy atom. The maximum Gasteiger partial charge on any atom is 0.191 e. The van der Waals surface area contributed by atoms with E-state index in [2.05, 4.69) is 46.8 Å². The molecule has 1 unspecified atom stereocenters. The normalized spacial score (nSPS) is 15.8. The summed E-state index contributed by atoms with van der Waals surface area (Å²) in [6.07, 6.45) is 5.60. The summed E-state index contributed by atoms with van der Waals surface area (Å²) in [4.78, 5) is 7.03. The zero-order valence-electron chi connectivity index (χ0n) is 19.7. The molecule has 1 saturated heterocycles. The Kier molecular flexibility index (Phi) is 14.0. The lowest BCUT2D eigenvalue weighted by atomic mass is 10.1. The van der Waals surface area contributed by atoms with E-state index in [0.717, 1.165) is 90.0 Å². The van der Waals surface area contributed by atoms with Crippen molar-refractivity contribution in [2.45, 2.75) is 25.7 Å². The van der Waals surface area contributed by atoms with Gasteiger partial charge in [0.15, 0.2) is 5.96 Å². The van der Waals surface area contributed by atoms with Crippen molar-refractivity contribution in [1.82, 2.24) is 10.6 Å². The van der Waals surface area contributed by atoms with E-state index in [9.17, 15) is 0 Å². The zero-order valence-corrected chi connectivity index (χ0v) is 22.0. The van der Waals surface area contributed by atoms with E-state index in [1.807, 2.05) is 18.2 Å². The number of hydrogen-bond donors (Lipinski definition) is 2. The van der Waals surface area contributed by atoms with Gasteiger partial charge in [0.05, 0.1) is 19.5 Å². The topological polar surface area (TPSA) is 71.3 Å². The van der Waals surface area contributed by atoms with Crippen LogP contribution >= 0.6 is 24.0 Å². The highest BCUT2D eigenvalue weighted by atomic mass is 127. The molecule has 0 spiro atoms. The largest absolute Gasteiger partial charge is 0.469 e. The first-order valence-corrected chi connectivity index (χ1v) is 11.8. The van der Waals surface area contributed by atoms with Gasteiger partial charge in [-0.25, -0.2) is 0 Å². The van der Waals surface area contributed by atoms with Gasteiger partial charge in [0.2, 0.25) is 0 Å². The fourth-order valence-electron chi connectivity index (χ4n) is 3.59. The van der Waals surface area contributed by atoms with Gasteiger partial charge in [-0.15, -0.1) is 24.0 Å². The quantitative estimate of drug-likeness (QED) is 0.155. The van der Waals surface area contributed by atoms with Crippen molar-refractivity contribution in [2.75, 3.05) is 64.6 Å². The van der Waals surface area contributed by atoms with Crippen molar-refractivity contribution in [2.24, 2.45) is 10.9 Å². The van der Waals surface area contributed by atoms with Crippen molar-refractivity contribution in [1.29, 1.82) is 0 Å². The molecule has 1 atom stereocenters. The van der Waals surface area contributed by atoms with Crippen molar-refractivity contribution in [3.05, 3.63) is 54.5 Å². The van der Waals surface area contributed by atoms with Crippen LogP contribution in [-0.4, -0.2) is 65.6 Å². The summed E-state index contributed by atoms with van der Waals surface area (Å²) in [5.74, 6) is 2.39. The number of aliphatic imine (C=N–C) groups is 1. The number of anilines is 1. The number of furan rings is 1. The van der Waals surface area contributed by atoms with Gasteiger partial charge >= 0.3 is 0 Å². The summed E-state index contributed by atoms with van der Waals surface area (Å²) in [5.41, 5.74) is 1.23. The van der Waals surface area contributed by atoms with Gasteiger partial charge in [-0.1, -0.05) is 18.2 Å². The Labute approximate surface area is 215 Å². The molecule has 3 rings (SSSR count). The van der Waals surface area contributed by atoms with Gasteiger partial charge in [-0.2, -0.15) is 0 Å². The molecule has 1 aliphatic rings. The molecule has 7 nitrogen and oxygen atoms in total. The van der Waals surface area contributed by atoms with Crippen LogP contribution in [0.2, 0.25) is 0 Å². The molecular weight excluding hydrogens is 531 g/mol. The molecule has 8 heteroatoms. The summed E-state index contributed by atoms with van der Waals surface area (Å²) in [7, 11) is 2.12. The summed E-state index contributed by atoms with van der Waals surface area (Å²) < 4.78 is 16.6. The smallest absolute Gasteiger partial charge is 0.191 e. The van der Waals surface area contributed by atoms with E-state index in [1.165, 1.54) is 5.69 Å². The molecule has 1 aliphatic heterocycles. The molecule has 0 aliphatic carbocycles. The Hall–Kier alpha value is -1.78. The van der Waals surface area contributed by atoms with Crippen LogP contribution in [0.4, 0.5) is 5.69 Å². The minimum atomic E-state index is 0. The maximum atomic E-state index is 5.80. The number of nitrogens with zero attached hydrogens (tertiary/aromatic N) is 2. The van der Waals surface area contributed by atoms with E-state index in [0.29, 0.717) is 5.92 Å². The second-order valence-electron chi connectivity index (χ2n) is 8.18. The maximum absolute atomic E-state index is 5.80. The van der Waals surface area contributed by atoms with E-state index in [4.69, 9.17) is 18.9 Å². The van der Waals surface area contributed by atoms with Crippen LogP contribution in [0.3, 0.4) is 0 Å². The molecule has 1 aromatic carbocycles. The standard InChI is InChI=1S/C25H38N4O3.HI/c1-29(23-8-3-2-4-9-23)16-6-13-26-25(28-15-11-24-10-5-18-32-24)27-14-7-17-30-20-22-12-19-31-21-22;/h2-5,8-10,18,22H,6-7,11-17,19-21H2,1H3,(H2,26,27,28);1H. The lowest BCUT2D eigenvalue weighted by Gasteiger charge is -2.18. The Bertz CT molecular complexity index is 752. The van der Waals surface area contributed by atoms with Gasteiger partial charge in [-0.3, -0.25) is 4.99 Å². The van der Waals surface area contributed by atoms with E-state index < -0.39 is 0 Å². The minimum Gasteiger partial charge on any atom is -0.469 e. The molecule has 0 amide bonds. The van der Waals surface area contributed by atoms with Crippen LogP contribution in [0.1, 0.15) is 25.0 Å². The molecule has 184 valence electrons. The summed E-state index contributed by atoms with van der Waals surface area (Å²) in [5, 5.41) is 6.86. The van der Waals surface area contributed by atoms with Crippen LogP contribution < -0.4 is 15.5 Å². The average Bonchev–Trinajstić information content (AvgIpc) is 3.53. The van der Waals surface area contributed by atoms with Crippen LogP contribution in [0.5, 0.6) is 0 Å². The molecule has 0 saturated carbocycles. The molecule has 0 bridgehead atoms. The average molecular weight is 571 g/mol. The first kappa shape index (κ1) is 27.5. The third kappa shape index (κ3) is 11.3. The lowest BCUT2D eigenvalue weighted by Crippen LogP contribution is -2.39. The Morgan fingerprint density at radius 3 is 2.73 bits per heavy atom. The molecular formula is C25H39IN4O3. The highest BCUT2D eigenvalue weighted by molar-refractivity contribution is 14.0. The van der Waals surface area contributed by atoms with Gasteiger partial charge in [0.25, 0.3) is 0 Å². The third-order valence-electron chi connectivity index (χ3n) is 5.50. The van der Waals surface area contributed by atoms with Gasteiger partial charge in [0, 0.05) is 64.5 Å². The number of rotatable bonds is 14. The van der Waals surface area contributed by atoms with E-state index in [1.54, 1.807) is 6.26 Å². The van der Waals surface area contributed by atoms with Crippen molar-refractivity contribution >= 4 is 35.6 Å². The predicted octanol–water partition coefficient (Wildman–Crippen LogP) is 3.95. The molecule has 2 aromatic rings. The lowest BCUT2D eigenvalue weighted by molar-refractivity contribution is 0.0888. The van der Waals surface area contributed by atoms with E-state index in [-0.39, 0.29) is 24.0 Å². The monoisotopic (exact) mass is 570 g/mol. The number of halogens is 1. The highest BCUT2D eigenvalue weighted by Crippen LogP contribution is 2.12. The SMILES string of the molecule is CN(CCCN=C(NCCCOCC1CCOC1)NCCc1ccco1)c1ccccc1.I. The summed E-state index contributed by atoms with van der Waals surface area (Å²) in [6.45, 7) is 6.62. The molecule has 0 radical (unpaired) electrons. The van der Waals surface area contributed by atoms with Crippen molar-refractivity contribution in [3.8, 4) is 0 Å². The summed E-state index contributed by atoms with van der Waals surface area (Å²) >= 11 is 0. The number of para-hydroxylation sites is 1. The van der Waals surface area contributed by atoms with Crippen LogP contribution in [0.15, 0.2) is 58.1 Å². The minimum absolute atomic E-state index is 0. The number of hydrogen-bond acceptors (Lipinski definition) is 5. The number of nitrogens with one attached hydrogen (secondary N) is 2. The second kappa shape index (κ2) is 16.8. The predicted molar refractivity (Wildman–Crippen MR) is 145 cm³/mol. The van der Waals surface area contributed by atoms with E-state index >= 15 is 0 Å². The number of guanidine groups is 1.